The first-order valence-corrected chi connectivity index (χ1v) is 7.56. The monoisotopic (exact) mass is 287 g/mol. The van der Waals surface area contributed by atoms with Crippen molar-refractivity contribution in [3.05, 3.63) is 30.2 Å². The summed E-state index contributed by atoms with van der Waals surface area (Å²) in [4.78, 5) is 6.47. The van der Waals surface area contributed by atoms with Gasteiger partial charge in [-0.1, -0.05) is 13.0 Å². The van der Waals surface area contributed by atoms with Crippen molar-refractivity contribution in [2.75, 3.05) is 18.0 Å². The van der Waals surface area contributed by atoms with Gasteiger partial charge in [-0.3, -0.25) is 4.57 Å². The molecule has 0 aliphatic carbocycles. The van der Waals surface area contributed by atoms with Gasteiger partial charge in [-0.25, -0.2) is 4.98 Å². The molecule has 2 aromatic heterocycles. The molecule has 0 spiro atoms. The summed E-state index contributed by atoms with van der Waals surface area (Å²) in [6.07, 6.45) is 3.80. The molecule has 112 valence electrons. The number of nitrogens with zero attached hydrogens (tertiary/aromatic N) is 5. The third kappa shape index (κ3) is 2.84. The van der Waals surface area contributed by atoms with Crippen LogP contribution in [0, 0.1) is 0 Å². The van der Waals surface area contributed by atoms with E-state index < -0.39 is 0 Å². The highest BCUT2D eigenvalue weighted by Gasteiger charge is 2.28. The molecule has 6 heteroatoms. The van der Waals surface area contributed by atoms with Crippen LogP contribution in [-0.4, -0.2) is 38.9 Å². The topological polar surface area (TPSA) is 56.1 Å². The quantitative estimate of drug-likeness (QED) is 0.841. The highest BCUT2D eigenvalue weighted by molar-refractivity contribution is 5.33. The summed E-state index contributed by atoms with van der Waals surface area (Å²) in [7, 11) is 0. The Hall–Kier alpha value is -2.11. The Bertz CT molecular complexity index is 583. The molecule has 3 heterocycles. The summed E-state index contributed by atoms with van der Waals surface area (Å²) in [6.45, 7) is 6.91. The van der Waals surface area contributed by atoms with Crippen LogP contribution >= 0.6 is 0 Å². The molecule has 21 heavy (non-hydrogen) atoms. The fraction of sp³-hybridized carbons (Fsp3) is 0.533. The van der Waals surface area contributed by atoms with Gasteiger partial charge in [-0.2, -0.15) is 0 Å². The fourth-order valence-corrected chi connectivity index (χ4v) is 2.74. The van der Waals surface area contributed by atoms with Gasteiger partial charge in [0.05, 0.1) is 6.54 Å². The standard InChI is InChI=1S/C15H21N5O/c1-3-13-17-18-15(20(13)4-2)19-10-8-12(11-19)21-14-7-5-6-9-16-14/h5-7,9,12H,3-4,8,10-11H2,1-2H3. The van der Waals surface area contributed by atoms with Gasteiger partial charge < -0.3 is 9.64 Å². The number of aryl methyl sites for hydroxylation is 1. The Labute approximate surface area is 124 Å². The van der Waals surface area contributed by atoms with Crippen molar-refractivity contribution in [3.63, 3.8) is 0 Å². The zero-order chi connectivity index (χ0) is 14.7. The predicted octanol–water partition coefficient (Wildman–Crippen LogP) is 1.91. The van der Waals surface area contributed by atoms with Gasteiger partial charge in [-0.15, -0.1) is 10.2 Å². The van der Waals surface area contributed by atoms with Crippen molar-refractivity contribution in [1.82, 2.24) is 19.7 Å². The number of ether oxygens (including phenoxy) is 1. The van der Waals surface area contributed by atoms with Crippen LogP contribution in [0.2, 0.25) is 0 Å². The van der Waals surface area contributed by atoms with Crippen molar-refractivity contribution >= 4 is 5.95 Å². The highest BCUT2D eigenvalue weighted by Crippen LogP contribution is 2.22. The van der Waals surface area contributed by atoms with Gasteiger partial charge in [-0.05, 0) is 13.0 Å². The minimum atomic E-state index is 0.159. The fourth-order valence-electron chi connectivity index (χ4n) is 2.74. The molecule has 0 radical (unpaired) electrons. The van der Waals surface area contributed by atoms with E-state index in [0.717, 1.165) is 44.2 Å². The second kappa shape index (κ2) is 6.11. The predicted molar refractivity (Wildman–Crippen MR) is 80.6 cm³/mol. The van der Waals surface area contributed by atoms with Gasteiger partial charge in [0, 0.05) is 38.2 Å². The molecule has 1 fully saturated rings. The second-order valence-electron chi connectivity index (χ2n) is 5.16. The third-order valence-electron chi connectivity index (χ3n) is 3.79. The van der Waals surface area contributed by atoms with Gasteiger partial charge in [0.15, 0.2) is 0 Å². The number of pyridine rings is 1. The first-order valence-electron chi connectivity index (χ1n) is 7.56. The van der Waals surface area contributed by atoms with Crippen LogP contribution in [0.5, 0.6) is 5.88 Å². The molecule has 1 unspecified atom stereocenters. The van der Waals surface area contributed by atoms with Crippen LogP contribution in [0.4, 0.5) is 5.95 Å². The van der Waals surface area contributed by atoms with E-state index in [1.165, 1.54) is 0 Å². The largest absolute Gasteiger partial charge is 0.472 e. The average molecular weight is 287 g/mol. The Balaban J connectivity index is 1.68. The number of aromatic nitrogens is 4. The van der Waals surface area contributed by atoms with Gasteiger partial charge in [0.25, 0.3) is 0 Å². The van der Waals surface area contributed by atoms with Crippen LogP contribution in [-0.2, 0) is 13.0 Å². The third-order valence-corrected chi connectivity index (χ3v) is 3.79. The zero-order valence-electron chi connectivity index (χ0n) is 12.6. The van der Waals surface area contributed by atoms with Crippen molar-refractivity contribution in [2.45, 2.75) is 39.3 Å². The summed E-state index contributed by atoms with van der Waals surface area (Å²) in [5.41, 5.74) is 0. The molecule has 1 atom stereocenters. The molecule has 0 N–H and O–H groups in total. The van der Waals surface area contributed by atoms with Crippen molar-refractivity contribution in [2.24, 2.45) is 0 Å². The molecule has 0 aromatic carbocycles. The molecule has 0 saturated carbocycles. The molecule has 1 saturated heterocycles. The molecule has 1 aliphatic heterocycles. The molecule has 0 amide bonds. The Morgan fingerprint density at radius 3 is 2.90 bits per heavy atom. The highest BCUT2D eigenvalue weighted by atomic mass is 16.5. The number of hydrogen-bond donors (Lipinski definition) is 0. The zero-order valence-corrected chi connectivity index (χ0v) is 12.6. The Morgan fingerprint density at radius 2 is 2.19 bits per heavy atom. The SMILES string of the molecule is CCc1nnc(N2CCC(Oc3ccccn3)C2)n1CC. The van der Waals surface area contributed by atoms with E-state index in [1.54, 1.807) is 6.20 Å². The average Bonchev–Trinajstić information content (AvgIpc) is 3.13. The molecular formula is C15H21N5O. The lowest BCUT2D eigenvalue weighted by Gasteiger charge is -2.18. The van der Waals surface area contributed by atoms with Crippen LogP contribution in [0.25, 0.3) is 0 Å². The lowest BCUT2D eigenvalue weighted by molar-refractivity contribution is 0.215. The van der Waals surface area contributed by atoms with E-state index in [-0.39, 0.29) is 6.10 Å². The van der Waals surface area contributed by atoms with E-state index in [4.69, 9.17) is 4.74 Å². The normalized spacial score (nSPS) is 18.2. The number of rotatable bonds is 5. The molecule has 2 aromatic rings. The van der Waals surface area contributed by atoms with Crippen LogP contribution < -0.4 is 9.64 Å². The smallest absolute Gasteiger partial charge is 0.227 e. The summed E-state index contributed by atoms with van der Waals surface area (Å²) >= 11 is 0. The molecular weight excluding hydrogens is 266 g/mol. The summed E-state index contributed by atoms with van der Waals surface area (Å²) in [5.74, 6) is 2.69. The maximum absolute atomic E-state index is 5.92. The van der Waals surface area contributed by atoms with Gasteiger partial charge in [0.2, 0.25) is 11.8 Å². The van der Waals surface area contributed by atoms with E-state index in [1.807, 2.05) is 18.2 Å². The maximum Gasteiger partial charge on any atom is 0.227 e. The Morgan fingerprint density at radius 1 is 1.29 bits per heavy atom. The minimum absolute atomic E-state index is 0.159. The number of anilines is 1. The van der Waals surface area contributed by atoms with Crippen LogP contribution in [0.15, 0.2) is 24.4 Å². The van der Waals surface area contributed by atoms with Gasteiger partial charge >= 0.3 is 0 Å². The first-order chi connectivity index (χ1) is 10.3. The minimum Gasteiger partial charge on any atom is -0.472 e. The molecule has 3 rings (SSSR count). The van der Waals surface area contributed by atoms with Crippen LogP contribution in [0.1, 0.15) is 26.1 Å². The second-order valence-corrected chi connectivity index (χ2v) is 5.16. The van der Waals surface area contributed by atoms with Crippen LogP contribution in [0.3, 0.4) is 0 Å². The lowest BCUT2D eigenvalue weighted by atomic mass is 10.3. The molecule has 1 aliphatic rings. The maximum atomic E-state index is 5.92. The van der Waals surface area contributed by atoms with Crippen molar-refractivity contribution < 1.29 is 4.74 Å². The summed E-state index contributed by atoms with van der Waals surface area (Å²) < 4.78 is 8.11. The summed E-state index contributed by atoms with van der Waals surface area (Å²) in [5, 5.41) is 8.63. The molecule has 6 nitrogen and oxygen atoms in total. The Kier molecular flexibility index (Phi) is 4.03. The van der Waals surface area contributed by atoms with E-state index in [9.17, 15) is 0 Å². The molecule has 0 bridgehead atoms. The van der Waals surface area contributed by atoms with Gasteiger partial charge in [0.1, 0.15) is 11.9 Å². The van der Waals surface area contributed by atoms with E-state index in [2.05, 4.69) is 38.5 Å². The van der Waals surface area contributed by atoms with Crippen molar-refractivity contribution in [3.8, 4) is 5.88 Å². The van der Waals surface area contributed by atoms with E-state index >= 15 is 0 Å². The number of hydrogen-bond acceptors (Lipinski definition) is 5. The van der Waals surface area contributed by atoms with Crippen molar-refractivity contribution in [1.29, 1.82) is 0 Å². The first kappa shape index (κ1) is 13.9. The summed E-state index contributed by atoms with van der Waals surface area (Å²) in [6, 6.07) is 5.73. The lowest BCUT2D eigenvalue weighted by Crippen LogP contribution is -2.27. The van der Waals surface area contributed by atoms with E-state index in [0.29, 0.717) is 5.88 Å².